The molecule has 0 fully saturated rings. The highest BCUT2D eigenvalue weighted by Gasteiger charge is 2.28. The molecule has 0 saturated carbocycles. The van der Waals surface area contributed by atoms with Gasteiger partial charge in [0.25, 0.3) is 5.91 Å². The quantitative estimate of drug-likeness (QED) is 0.445. The Morgan fingerprint density at radius 1 is 1.03 bits per heavy atom. The molecule has 0 radical (unpaired) electrons. The zero-order valence-electron chi connectivity index (χ0n) is 17.3. The van der Waals surface area contributed by atoms with Gasteiger partial charge in [-0.1, -0.05) is 11.6 Å². The van der Waals surface area contributed by atoms with Gasteiger partial charge in [-0.25, -0.2) is 9.59 Å². The van der Waals surface area contributed by atoms with Crippen LogP contribution in [0.25, 0.3) is 10.1 Å². The van der Waals surface area contributed by atoms with Crippen molar-refractivity contribution in [2.75, 3.05) is 25.6 Å². The Morgan fingerprint density at radius 2 is 1.71 bits per heavy atom. The Morgan fingerprint density at radius 3 is 2.35 bits per heavy atom. The van der Waals surface area contributed by atoms with Crippen molar-refractivity contribution in [3.63, 3.8) is 0 Å². The standard InChI is InChI=1S/C21H20ClNO6S2/c1-5-28-20(25)14-10(3)16(21(26)29-6-2)31-19(14)23-18(24)17-15(22)12-9-11(27-4)7-8-13(12)30-17/h7-9H,5-6H2,1-4H3,(H,23,24). The SMILES string of the molecule is CCOC(=O)c1sc(NC(=O)c2sc3ccc(OC)cc3c2Cl)c(C(=O)OCC)c1C. The van der Waals surface area contributed by atoms with Crippen molar-refractivity contribution in [2.45, 2.75) is 20.8 Å². The van der Waals surface area contributed by atoms with Crippen LogP contribution >= 0.6 is 34.3 Å². The second-order valence-corrected chi connectivity index (χ2v) is 8.71. The lowest BCUT2D eigenvalue weighted by Crippen LogP contribution is -2.14. The van der Waals surface area contributed by atoms with Crippen LogP contribution in [-0.2, 0) is 9.47 Å². The number of esters is 2. The predicted molar refractivity (Wildman–Crippen MR) is 122 cm³/mol. The van der Waals surface area contributed by atoms with Crippen molar-refractivity contribution in [2.24, 2.45) is 0 Å². The average molecular weight is 482 g/mol. The highest BCUT2D eigenvalue weighted by atomic mass is 35.5. The van der Waals surface area contributed by atoms with E-state index >= 15 is 0 Å². The van der Waals surface area contributed by atoms with E-state index in [1.165, 1.54) is 11.3 Å². The van der Waals surface area contributed by atoms with E-state index in [4.69, 9.17) is 25.8 Å². The Bertz CT molecular complexity index is 1170. The van der Waals surface area contributed by atoms with Crippen molar-refractivity contribution in [3.8, 4) is 5.75 Å². The lowest BCUT2D eigenvalue weighted by molar-refractivity contribution is 0.0527. The summed E-state index contributed by atoms with van der Waals surface area (Å²) >= 11 is 8.64. The van der Waals surface area contributed by atoms with E-state index in [2.05, 4.69) is 5.32 Å². The van der Waals surface area contributed by atoms with Crippen LogP contribution in [0.5, 0.6) is 5.75 Å². The fraction of sp³-hybridized carbons (Fsp3) is 0.286. The monoisotopic (exact) mass is 481 g/mol. The Labute approximate surface area is 191 Å². The third kappa shape index (κ3) is 4.53. The smallest absolute Gasteiger partial charge is 0.348 e. The van der Waals surface area contributed by atoms with Gasteiger partial charge >= 0.3 is 11.9 Å². The summed E-state index contributed by atoms with van der Waals surface area (Å²) in [7, 11) is 1.55. The van der Waals surface area contributed by atoms with E-state index in [1.54, 1.807) is 40.0 Å². The number of fused-ring (bicyclic) bond motifs is 1. The summed E-state index contributed by atoms with van der Waals surface area (Å²) in [5.41, 5.74) is 0.520. The zero-order valence-corrected chi connectivity index (χ0v) is 19.7. The van der Waals surface area contributed by atoms with Gasteiger partial charge in [0, 0.05) is 10.1 Å². The molecule has 1 amide bonds. The number of hydrogen-bond donors (Lipinski definition) is 1. The summed E-state index contributed by atoms with van der Waals surface area (Å²) in [4.78, 5) is 38.4. The van der Waals surface area contributed by atoms with Gasteiger partial charge < -0.3 is 19.5 Å². The molecule has 2 aromatic heterocycles. The molecule has 10 heteroatoms. The molecule has 164 valence electrons. The number of anilines is 1. The molecule has 7 nitrogen and oxygen atoms in total. The molecule has 0 spiro atoms. The molecule has 0 atom stereocenters. The van der Waals surface area contributed by atoms with Gasteiger partial charge in [0.05, 0.1) is 30.9 Å². The molecule has 0 saturated heterocycles. The molecule has 3 rings (SSSR count). The maximum Gasteiger partial charge on any atom is 0.348 e. The number of hydrogen-bond acceptors (Lipinski definition) is 8. The second kappa shape index (κ2) is 9.67. The van der Waals surface area contributed by atoms with Crippen LogP contribution in [0.4, 0.5) is 5.00 Å². The average Bonchev–Trinajstić information content (AvgIpc) is 3.25. The molecule has 0 aliphatic heterocycles. The first kappa shape index (κ1) is 23.1. The predicted octanol–water partition coefficient (Wildman–Crippen LogP) is 5.54. The van der Waals surface area contributed by atoms with Crippen LogP contribution < -0.4 is 10.1 Å². The summed E-state index contributed by atoms with van der Waals surface area (Å²) in [6.07, 6.45) is 0. The van der Waals surface area contributed by atoms with Gasteiger partial charge in [-0.3, -0.25) is 4.79 Å². The van der Waals surface area contributed by atoms with Gasteiger partial charge in [0.1, 0.15) is 20.5 Å². The molecule has 0 aliphatic rings. The largest absolute Gasteiger partial charge is 0.497 e. The van der Waals surface area contributed by atoms with Crippen LogP contribution in [0.15, 0.2) is 18.2 Å². The summed E-state index contributed by atoms with van der Waals surface area (Å²) in [5.74, 6) is -1.07. The highest BCUT2D eigenvalue weighted by molar-refractivity contribution is 7.22. The van der Waals surface area contributed by atoms with Gasteiger partial charge in [0.2, 0.25) is 0 Å². The minimum absolute atomic E-state index is 0.127. The molecular formula is C21H20ClNO6S2. The topological polar surface area (TPSA) is 90.9 Å². The lowest BCUT2D eigenvalue weighted by atomic mass is 10.1. The molecule has 0 bridgehead atoms. The molecule has 31 heavy (non-hydrogen) atoms. The van der Waals surface area contributed by atoms with Crippen LogP contribution in [-0.4, -0.2) is 38.2 Å². The molecule has 3 aromatic rings. The van der Waals surface area contributed by atoms with Crippen molar-refractivity contribution >= 4 is 67.2 Å². The molecular weight excluding hydrogens is 462 g/mol. The summed E-state index contributed by atoms with van der Waals surface area (Å²) in [6.45, 7) is 5.32. The minimum Gasteiger partial charge on any atom is -0.497 e. The van der Waals surface area contributed by atoms with E-state index < -0.39 is 17.8 Å². The first-order valence-electron chi connectivity index (χ1n) is 9.37. The number of carbonyl (C=O) groups excluding carboxylic acids is 3. The third-order valence-electron chi connectivity index (χ3n) is 4.36. The third-order valence-corrected chi connectivity index (χ3v) is 7.22. The minimum atomic E-state index is -0.630. The second-order valence-electron chi connectivity index (χ2n) is 6.26. The zero-order chi connectivity index (χ0) is 22.7. The van der Waals surface area contributed by atoms with E-state index in [0.29, 0.717) is 16.7 Å². The molecule has 1 aromatic carbocycles. The maximum absolute atomic E-state index is 13.0. The van der Waals surface area contributed by atoms with Gasteiger partial charge in [-0.15, -0.1) is 22.7 Å². The Hall–Kier alpha value is -2.62. The maximum atomic E-state index is 13.0. The summed E-state index contributed by atoms with van der Waals surface area (Å²) in [5, 5.41) is 3.90. The normalized spacial score (nSPS) is 10.7. The Balaban J connectivity index is 2.01. The van der Waals surface area contributed by atoms with Crippen molar-refractivity contribution in [1.82, 2.24) is 0 Å². The lowest BCUT2D eigenvalue weighted by Gasteiger charge is -2.06. The van der Waals surface area contributed by atoms with Gasteiger partial charge in [-0.2, -0.15) is 0 Å². The summed E-state index contributed by atoms with van der Waals surface area (Å²) in [6, 6.07) is 5.35. The van der Waals surface area contributed by atoms with Crippen molar-refractivity contribution in [1.29, 1.82) is 0 Å². The number of nitrogens with one attached hydrogen (secondary N) is 1. The van der Waals surface area contributed by atoms with E-state index in [9.17, 15) is 14.4 Å². The number of thiophene rings is 2. The molecule has 1 N–H and O–H groups in total. The van der Waals surface area contributed by atoms with Gasteiger partial charge in [0.15, 0.2) is 0 Å². The van der Waals surface area contributed by atoms with Crippen LogP contribution in [0.1, 0.15) is 49.1 Å². The Kier molecular flexibility index (Phi) is 7.19. The first-order valence-corrected chi connectivity index (χ1v) is 11.4. The number of ether oxygens (including phenoxy) is 3. The van der Waals surface area contributed by atoms with Crippen LogP contribution in [0.2, 0.25) is 5.02 Å². The fourth-order valence-corrected chi connectivity index (χ4v) is 5.39. The van der Waals surface area contributed by atoms with E-state index in [1.807, 2.05) is 6.07 Å². The molecule has 0 unspecified atom stereocenters. The van der Waals surface area contributed by atoms with Crippen molar-refractivity contribution < 1.29 is 28.6 Å². The van der Waals surface area contributed by atoms with Gasteiger partial charge in [-0.05, 0) is 44.5 Å². The molecule has 2 heterocycles. The first-order chi connectivity index (χ1) is 14.8. The number of benzene rings is 1. The fourth-order valence-electron chi connectivity index (χ4n) is 2.92. The number of rotatable bonds is 7. The number of methoxy groups -OCH3 is 1. The number of halogens is 1. The van der Waals surface area contributed by atoms with Crippen molar-refractivity contribution in [3.05, 3.63) is 44.1 Å². The van der Waals surface area contributed by atoms with E-state index in [0.717, 1.165) is 16.0 Å². The molecule has 0 aliphatic carbocycles. The number of amides is 1. The highest BCUT2D eigenvalue weighted by Crippen LogP contribution is 2.39. The van der Waals surface area contributed by atoms with Crippen LogP contribution in [0, 0.1) is 6.92 Å². The van der Waals surface area contributed by atoms with E-state index in [-0.39, 0.29) is 38.6 Å². The van der Waals surface area contributed by atoms with Crippen LogP contribution in [0.3, 0.4) is 0 Å². The number of carbonyl (C=O) groups is 3. The summed E-state index contributed by atoms with van der Waals surface area (Å²) < 4.78 is 16.2.